The van der Waals surface area contributed by atoms with Crippen LogP contribution >= 0.6 is 0 Å². The normalized spacial score (nSPS) is 27.4. The van der Waals surface area contributed by atoms with Crippen LogP contribution < -0.4 is 10.6 Å². The molecule has 1 saturated heterocycles. The quantitative estimate of drug-likeness (QED) is 0.684. The molecular formula is C10H16N2O. The van der Waals surface area contributed by atoms with Gasteiger partial charge in [0.1, 0.15) is 5.76 Å². The molecule has 1 atom stereocenters. The molecule has 1 aliphatic heterocycles. The maximum Gasteiger partial charge on any atom is 0.121 e. The molecule has 1 unspecified atom stereocenters. The summed E-state index contributed by atoms with van der Waals surface area (Å²) in [6.45, 7) is 6.32. The lowest BCUT2D eigenvalue weighted by atomic mass is 9.99. The van der Waals surface area contributed by atoms with Gasteiger partial charge in [0.25, 0.3) is 0 Å². The third kappa shape index (κ3) is 1.92. The summed E-state index contributed by atoms with van der Waals surface area (Å²) < 4.78 is 5.36. The molecule has 3 heteroatoms. The van der Waals surface area contributed by atoms with E-state index >= 15 is 0 Å². The van der Waals surface area contributed by atoms with Crippen LogP contribution in [0.3, 0.4) is 0 Å². The minimum Gasteiger partial charge on any atom is -0.468 e. The first-order valence-corrected chi connectivity index (χ1v) is 4.69. The van der Waals surface area contributed by atoms with Crippen LogP contribution in [0.25, 0.3) is 0 Å². The second-order valence-electron chi connectivity index (χ2n) is 4.23. The molecule has 3 nitrogen and oxygen atoms in total. The molecule has 0 aliphatic carbocycles. The monoisotopic (exact) mass is 180 g/mol. The van der Waals surface area contributed by atoms with Crippen LogP contribution in [0.2, 0.25) is 0 Å². The lowest BCUT2D eigenvalue weighted by molar-refractivity contribution is 0.242. The highest BCUT2D eigenvalue weighted by atomic mass is 16.3. The van der Waals surface area contributed by atoms with Gasteiger partial charge in [0.05, 0.1) is 12.3 Å². The molecule has 2 N–H and O–H groups in total. The molecule has 0 radical (unpaired) electrons. The predicted octanol–water partition coefficient (Wildman–Crippen LogP) is 1.29. The van der Waals surface area contributed by atoms with Gasteiger partial charge in [-0.25, -0.2) is 0 Å². The van der Waals surface area contributed by atoms with Gasteiger partial charge < -0.3 is 9.73 Å². The standard InChI is InChI=1S/C10H16N2O/c1-10(2)7-11-6-8(12-10)9-4-3-5-13-9/h3-5,8,11-12H,6-7H2,1-2H3. The molecule has 0 saturated carbocycles. The van der Waals surface area contributed by atoms with Gasteiger partial charge in [0.15, 0.2) is 0 Å². The third-order valence-electron chi connectivity index (χ3n) is 2.37. The molecule has 0 amide bonds. The van der Waals surface area contributed by atoms with Crippen molar-refractivity contribution in [3.8, 4) is 0 Å². The predicted molar refractivity (Wildman–Crippen MR) is 51.5 cm³/mol. The fourth-order valence-electron chi connectivity index (χ4n) is 1.76. The molecule has 0 bridgehead atoms. The molecule has 2 rings (SSSR count). The zero-order valence-electron chi connectivity index (χ0n) is 8.13. The average Bonchev–Trinajstić information content (AvgIpc) is 2.53. The van der Waals surface area contributed by atoms with Crippen LogP contribution in [0.1, 0.15) is 25.6 Å². The SMILES string of the molecule is CC1(C)CNCC(c2ccco2)N1. The molecule has 0 spiro atoms. The van der Waals surface area contributed by atoms with Crippen LogP contribution in [0.4, 0.5) is 0 Å². The number of hydrogen-bond donors (Lipinski definition) is 2. The minimum atomic E-state index is 0.149. The van der Waals surface area contributed by atoms with E-state index in [1.165, 1.54) is 0 Å². The first-order chi connectivity index (χ1) is 6.17. The Morgan fingerprint density at radius 3 is 3.00 bits per heavy atom. The molecule has 1 aliphatic rings. The summed E-state index contributed by atoms with van der Waals surface area (Å²) >= 11 is 0. The van der Waals surface area contributed by atoms with Crippen molar-refractivity contribution < 1.29 is 4.42 Å². The second kappa shape index (κ2) is 3.16. The largest absolute Gasteiger partial charge is 0.468 e. The van der Waals surface area contributed by atoms with Crippen molar-refractivity contribution in [3.63, 3.8) is 0 Å². The highest BCUT2D eigenvalue weighted by molar-refractivity contribution is 5.08. The Kier molecular flexibility index (Phi) is 2.14. The first-order valence-electron chi connectivity index (χ1n) is 4.69. The summed E-state index contributed by atoms with van der Waals surface area (Å²) in [6.07, 6.45) is 1.72. The third-order valence-corrected chi connectivity index (χ3v) is 2.37. The second-order valence-corrected chi connectivity index (χ2v) is 4.23. The summed E-state index contributed by atoms with van der Waals surface area (Å²) in [5.41, 5.74) is 0.149. The summed E-state index contributed by atoms with van der Waals surface area (Å²) in [7, 11) is 0. The van der Waals surface area contributed by atoms with Crippen molar-refractivity contribution in [1.82, 2.24) is 10.6 Å². The van der Waals surface area contributed by atoms with Gasteiger partial charge in [0, 0.05) is 18.6 Å². The smallest absolute Gasteiger partial charge is 0.121 e. The first kappa shape index (κ1) is 8.78. The van der Waals surface area contributed by atoms with Crippen molar-refractivity contribution in [1.29, 1.82) is 0 Å². The van der Waals surface area contributed by atoms with E-state index in [9.17, 15) is 0 Å². The van der Waals surface area contributed by atoms with Crippen LogP contribution in [0.5, 0.6) is 0 Å². The highest BCUT2D eigenvalue weighted by Crippen LogP contribution is 2.19. The molecule has 72 valence electrons. The number of furan rings is 1. The zero-order chi connectivity index (χ0) is 9.31. The molecule has 1 aromatic heterocycles. The number of hydrogen-bond acceptors (Lipinski definition) is 3. The minimum absolute atomic E-state index is 0.149. The van der Waals surface area contributed by atoms with Crippen molar-refractivity contribution in [3.05, 3.63) is 24.2 Å². The Morgan fingerprint density at radius 1 is 1.54 bits per heavy atom. The van der Waals surface area contributed by atoms with E-state index in [0.29, 0.717) is 6.04 Å². The summed E-state index contributed by atoms with van der Waals surface area (Å²) in [4.78, 5) is 0. The van der Waals surface area contributed by atoms with E-state index in [4.69, 9.17) is 4.42 Å². The van der Waals surface area contributed by atoms with Crippen LogP contribution in [-0.4, -0.2) is 18.6 Å². The fourth-order valence-corrected chi connectivity index (χ4v) is 1.76. The summed E-state index contributed by atoms with van der Waals surface area (Å²) in [6, 6.07) is 4.25. The average molecular weight is 180 g/mol. The Balaban J connectivity index is 2.09. The van der Waals surface area contributed by atoms with Crippen LogP contribution in [0, 0.1) is 0 Å². The van der Waals surface area contributed by atoms with E-state index in [2.05, 4.69) is 24.5 Å². The molecule has 1 fully saturated rings. The highest BCUT2D eigenvalue weighted by Gasteiger charge is 2.28. The Labute approximate surface area is 78.5 Å². The number of rotatable bonds is 1. The van der Waals surface area contributed by atoms with E-state index in [1.807, 2.05) is 12.1 Å². The lowest BCUT2D eigenvalue weighted by Crippen LogP contribution is -2.56. The van der Waals surface area contributed by atoms with Gasteiger partial charge >= 0.3 is 0 Å². The summed E-state index contributed by atoms with van der Waals surface area (Å²) in [5.74, 6) is 1.01. The molecule has 0 aromatic carbocycles. The van der Waals surface area contributed by atoms with Gasteiger partial charge in [-0.15, -0.1) is 0 Å². The Bertz CT molecular complexity index is 266. The molecule has 13 heavy (non-hydrogen) atoms. The maximum atomic E-state index is 5.36. The van der Waals surface area contributed by atoms with E-state index in [-0.39, 0.29) is 5.54 Å². The van der Waals surface area contributed by atoms with Gasteiger partial charge in [0.2, 0.25) is 0 Å². The van der Waals surface area contributed by atoms with E-state index < -0.39 is 0 Å². The van der Waals surface area contributed by atoms with Gasteiger partial charge in [-0.3, -0.25) is 5.32 Å². The van der Waals surface area contributed by atoms with Gasteiger partial charge in [-0.05, 0) is 26.0 Å². The lowest BCUT2D eigenvalue weighted by Gasteiger charge is -2.36. The topological polar surface area (TPSA) is 37.2 Å². The van der Waals surface area contributed by atoms with Crippen LogP contribution in [0.15, 0.2) is 22.8 Å². The summed E-state index contributed by atoms with van der Waals surface area (Å²) in [5, 5.41) is 6.93. The number of nitrogens with one attached hydrogen (secondary N) is 2. The Morgan fingerprint density at radius 2 is 2.38 bits per heavy atom. The fraction of sp³-hybridized carbons (Fsp3) is 0.600. The number of piperazine rings is 1. The maximum absolute atomic E-state index is 5.36. The van der Waals surface area contributed by atoms with Gasteiger partial charge in [-0.2, -0.15) is 0 Å². The molecule has 1 aromatic rings. The van der Waals surface area contributed by atoms with Gasteiger partial charge in [-0.1, -0.05) is 0 Å². The van der Waals surface area contributed by atoms with E-state index in [1.54, 1.807) is 6.26 Å². The van der Waals surface area contributed by atoms with Crippen molar-refractivity contribution in [2.75, 3.05) is 13.1 Å². The van der Waals surface area contributed by atoms with Crippen molar-refractivity contribution >= 4 is 0 Å². The molecular weight excluding hydrogens is 164 g/mol. The van der Waals surface area contributed by atoms with Crippen molar-refractivity contribution in [2.45, 2.75) is 25.4 Å². The molecule has 2 heterocycles. The zero-order valence-corrected chi connectivity index (χ0v) is 8.13. The van der Waals surface area contributed by atoms with Crippen molar-refractivity contribution in [2.24, 2.45) is 0 Å². The van der Waals surface area contributed by atoms with E-state index in [0.717, 1.165) is 18.8 Å². The van der Waals surface area contributed by atoms with Crippen LogP contribution in [-0.2, 0) is 0 Å². The Hall–Kier alpha value is -0.800.